The van der Waals surface area contributed by atoms with E-state index in [1.54, 1.807) is 17.0 Å². The van der Waals surface area contributed by atoms with E-state index >= 15 is 0 Å². The molecule has 4 aliphatic rings. The first-order valence-electron chi connectivity index (χ1n) is 11.7. The van der Waals surface area contributed by atoms with Crippen molar-refractivity contribution in [2.45, 2.75) is 44.1 Å². The Balaban J connectivity index is 1.02. The van der Waals surface area contributed by atoms with Crippen LogP contribution in [0.5, 0.6) is 0 Å². The molecule has 0 unspecified atom stereocenters. The minimum absolute atomic E-state index is 0.0122. The van der Waals surface area contributed by atoms with Crippen molar-refractivity contribution in [1.29, 1.82) is 0 Å². The fourth-order valence-corrected chi connectivity index (χ4v) is 6.27. The van der Waals surface area contributed by atoms with Crippen LogP contribution in [-0.4, -0.2) is 76.5 Å². The zero-order chi connectivity index (χ0) is 23.7. The second kappa shape index (κ2) is 7.59. The molecule has 2 atom stereocenters. The van der Waals surface area contributed by atoms with Crippen LogP contribution in [0.15, 0.2) is 24.4 Å². The molecular weight excluding hydrogens is 451 g/mol. The highest BCUT2D eigenvalue weighted by atomic mass is 19.4. The Morgan fingerprint density at radius 1 is 1.24 bits per heavy atom. The zero-order valence-corrected chi connectivity index (χ0v) is 18.6. The van der Waals surface area contributed by atoms with Gasteiger partial charge in [0, 0.05) is 37.0 Å². The molecule has 3 saturated heterocycles. The van der Waals surface area contributed by atoms with Gasteiger partial charge < -0.3 is 19.9 Å². The highest BCUT2D eigenvalue weighted by Crippen LogP contribution is 2.53. The van der Waals surface area contributed by atoms with Gasteiger partial charge in [0.25, 0.3) is 0 Å². The first kappa shape index (κ1) is 21.7. The lowest BCUT2D eigenvalue weighted by molar-refractivity contribution is -0.209. The molecule has 0 radical (unpaired) electrons. The molecule has 6 rings (SSSR count). The molecule has 34 heavy (non-hydrogen) atoms. The minimum Gasteiger partial charge on any atom is -0.366 e. The number of ether oxygens (including phenoxy) is 1. The standard InChI is InChI=1S/C23H26F3N5O3/c24-23(25,26)31-18-6-14(1-2-16(18)9-27-31)5-15-7-22(8-15)12-30(13-22)21(33)29-4-3-19-17(10-29)28-20(32)11-34-19/h1-2,6,9,15,17,19H,3-5,7-8,10-13H2,(H,28,32)/t17-,19+/m1/s1. The summed E-state index contributed by atoms with van der Waals surface area (Å²) in [5, 5.41) is 6.88. The van der Waals surface area contributed by atoms with Crippen LogP contribution in [0, 0.1) is 11.3 Å². The van der Waals surface area contributed by atoms with Gasteiger partial charge in [0.1, 0.15) is 6.61 Å². The second-order valence-corrected chi connectivity index (χ2v) is 10.3. The van der Waals surface area contributed by atoms with Crippen molar-refractivity contribution in [2.24, 2.45) is 11.3 Å². The van der Waals surface area contributed by atoms with Crippen LogP contribution >= 0.6 is 0 Å². The Morgan fingerprint density at radius 2 is 2.03 bits per heavy atom. The Labute approximate surface area is 194 Å². The van der Waals surface area contributed by atoms with E-state index in [2.05, 4.69) is 10.4 Å². The number of amides is 3. The number of hydrogen-bond donors (Lipinski definition) is 1. The maximum atomic E-state index is 13.2. The fourth-order valence-electron chi connectivity index (χ4n) is 6.27. The number of urea groups is 1. The summed E-state index contributed by atoms with van der Waals surface area (Å²) in [7, 11) is 0. The first-order chi connectivity index (χ1) is 16.2. The normalized spacial score (nSPS) is 26.7. The molecule has 3 aliphatic heterocycles. The number of alkyl halides is 3. The summed E-state index contributed by atoms with van der Waals surface area (Å²) in [5.41, 5.74) is 1.10. The molecule has 1 aromatic heterocycles. The average molecular weight is 477 g/mol. The number of benzene rings is 1. The van der Waals surface area contributed by atoms with Gasteiger partial charge in [-0.3, -0.25) is 4.79 Å². The largest absolute Gasteiger partial charge is 0.505 e. The Kier molecular flexibility index (Phi) is 4.84. The number of piperidine rings is 1. The first-order valence-corrected chi connectivity index (χ1v) is 11.7. The van der Waals surface area contributed by atoms with E-state index in [4.69, 9.17) is 4.74 Å². The smallest absolute Gasteiger partial charge is 0.366 e. The SMILES string of the molecule is O=C1CO[C@H]2CCN(C(=O)N3CC4(CC(Cc5ccc6cnn(C(F)(F)F)c6c5)C4)C3)C[C@H]2N1. The number of morpholine rings is 1. The predicted octanol–water partition coefficient (Wildman–Crippen LogP) is 2.48. The number of nitrogens with zero attached hydrogens (tertiary/aromatic N) is 4. The molecule has 0 bridgehead atoms. The van der Waals surface area contributed by atoms with E-state index in [0.717, 1.165) is 44.3 Å². The number of halogens is 3. The third-order valence-corrected chi connectivity index (χ3v) is 7.76. The Hall–Kier alpha value is -2.82. The molecular formula is C23H26F3N5O3. The molecule has 1 aliphatic carbocycles. The second-order valence-electron chi connectivity index (χ2n) is 10.3. The van der Waals surface area contributed by atoms with Gasteiger partial charge in [0.2, 0.25) is 5.91 Å². The van der Waals surface area contributed by atoms with Crippen LogP contribution in [0.3, 0.4) is 0 Å². The quantitative estimate of drug-likeness (QED) is 0.721. The highest BCUT2D eigenvalue weighted by molar-refractivity contribution is 5.80. The Bertz CT molecular complexity index is 1130. The van der Waals surface area contributed by atoms with Crippen molar-refractivity contribution in [3.8, 4) is 0 Å². The van der Waals surface area contributed by atoms with Gasteiger partial charge in [0.05, 0.1) is 23.9 Å². The van der Waals surface area contributed by atoms with Crippen LogP contribution in [0.1, 0.15) is 24.8 Å². The van der Waals surface area contributed by atoms with E-state index < -0.39 is 6.30 Å². The van der Waals surface area contributed by atoms with Gasteiger partial charge in [-0.2, -0.15) is 9.78 Å². The lowest BCUT2D eigenvalue weighted by atomic mass is 9.56. The van der Waals surface area contributed by atoms with Crippen molar-refractivity contribution in [3.05, 3.63) is 30.0 Å². The third-order valence-electron chi connectivity index (χ3n) is 7.76. The number of aromatic nitrogens is 2. The molecule has 182 valence electrons. The number of hydrogen-bond acceptors (Lipinski definition) is 4. The Morgan fingerprint density at radius 3 is 2.79 bits per heavy atom. The molecule has 4 fully saturated rings. The summed E-state index contributed by atoms with van der Waals surface area (Å²) < 4.78 is 45.1. The molecule has 1 spiro atoms. The highest BCUT2D eigenvalue weighted by Gasteiger charge is 2.54. The van der Waals surface area contributed by atoms with Gasteiger partial charge in [-0.1, -0.05) is 12.1 Å². The molecule has 3 amide bonds. The van der Waals surface area contributed by atoms with Gasteiger partial charge in [0.15, 0.2) is 0 Å². The van der Waals surface area contributed by atoms with Crippen LogP contribution < -0.4 is 5.32 Å². The lowest BCUT2D eigenvalue weighted by Gasteiger charge is -2.60. The van der Waals surface area contributed by atoms with E-state index in [1.165, 1.54) is 6.20 Å². The van der Waals surface area contributed by atoms with Crippen LogP contribution in [0.4, 0.5) is 18.0 Å². The number of rotatable bonds is 2. The monoisotopic (exact) mass is 477 g/mol. The van der Waals surface area contributed by atoms with Crippen molar-refractivity contribution < 1.29 is 27.5 Å². The molecule has 1 N–H and O–H groups in total. The molecule has 8 nitrogen and oxygen atoms in total. The predicted molar refractivity (Wildman–Crippen MR) is 115 cm³/mol. The maximum absolute atomic E-state index is 13.2. The lowest BCUT2D eigenvalue weighted by Crippen LogP contribution is -2.68. The van der Waals surface area contributed by atoms with Crippen molar-refractivity contribution in [1.82, 2.24) is 24.9 Å². The molecule has 2 aromatic rings. The maximum Gasteiger partial charge on any atom is 0.505 e. The van der Waals surface area contributed by atoms with Gasteiger partial charge in [-0.25, -0.2) is 4.79 Å². The van der Waals surface area contributed by atoms with Crippen LogP contribution in [0.25, 0.3) is 10.9 Å². The number of fused-ring (bicyclic) bond motifs is 2. The molecule has 4 heterocycles. The zero-order valence-electron chi connectivity index (χ0n) is 18.6. The third kappa shape index (κ3) is 3.70. The minimum atomic E-state index is -4.53. The fraction of sp³-hybridized carbons (Fsp3) is 0.609. The van der Waals surface area contributed by atoms with E-state index in [1.807, 2.05) is 11.0 Å². The van der Waals surface area contributed by atoms with E-state index in [-0.39, 0.29) is 46.3 Å². The van der Waals surface area contributed by atoms with E-state index in [0.29, 0.717) is 24.4 Å². The summed E-state index contributed by atoms with van der Waals surface area (Å²) >= 11 is 0. The number of carbonyl (C=O) groups excluding carboxylic acids is 2. The number of nitrogens with one attached hydrogen (secondary N) is 1. The average Bonchev–Trinajstić information content (AvgIpc) is 3.17. The van der Waals surface area contributed by atoms with Crippen molar-refractivity contribution in [3.63, 3.8) is 0 Å². The van der Waals surface area contributed by atoms with Gasteiger partial charge >= 0.3 is 12.3 Å². The molecule has 1 saturated carbocycles. The summed E-state index contributed by atoms with van der Waals surface area (Å²) in [6, 6.07) is 5.03. The van der Waals surface area contributed by atoms with Crippen molar-refractivity contribution in [2.75, 3.05) is 32.8 Å². The number of carbonyl (C=O) groups is 2. The van der Waals surface area contributed by atoms with Crippen LogP contribution in [-0.2, 0) is 22.3 Å². The summed E-state index contributed by atoms with van der Waals surface area (Å²) in [5.74, 6) is 0.267. The van der Waals surface area contributed by atoms with Crippen LogP contribution in [0.2, 0.25) is 0 Å². The summed E-state index contributed by atoms with van der Waals surface area (Å²) in [6.07, 6.45) is 0.0740. The van der Waals surface area contributed by atoms with E-state index in [9.17, 15) is 22.8 Å². The van der Waals surface area contributed by atoms with Gasteiger partial charge in [-0.15, -0.1) is 13.2 Å². The topological polar surface area (TPSA) is 79.7 Å². The van der Waals surface area contributed by atoms with Crippen molar-refractivity contribution >= 4 is 22.8 Å². The number of likely N-dealkylation sites (tertiary alicyclic amines) is 2. The summed E-state index contributed by atoms with van der Waals surface area (Å²) in [4.78, 5) is 28.2. The summed E-state index contributed by atoms with van der Waals surface area (Å²) in [6.45, 7) is 2.62. The van der Waals surface area contributed by atoms with Gasteiger partial charge in [-0.05, 0) is 43.2 Å². The molecule has 1 aromatic carbocycles. The molecule has 11 heteroatoms.